The Labute approximate surface area is 281 Å². The van der Waals surface area contributed by atoms with Crippen LogP contribution < -0.4 is 10.6 Å². The molecule has 0 aliphatic rings. The Hall–Kier alpha value is -3.85. The van der Waals surface area contributed by atoms with E-state index in [4.69, 9.17) is 5.21 Å². The van der Waals surface area contributed by atoms with Gasteiger partial charge in [-0.25, -0.2) is 18.2 Å². The molecule has 256 valence electrons. The number of thiazole rings is 1. The zero-order valence-corrected chi connectivity index (χ0v) is 29.3. The molecule has 3 atom stereocenters. The summed E-state index contributed by atoms with van der Waals surface area (Å²) >= 11 is 1.49. The van der Waals surface area contributed by atoms with E-state index in [1.54, 1.807) is 7.05 Å². The van der Waals surface area contributed by atoms with Gasteiger partial charge >= 0.3 is 6.03 Å². The quantitative estimate of drug-likeness (QED) is 0.101. The summed E-state index contributed by atoms with van der Waals surface area (Å²) in [5, 5.41) is 31.9. The van der Waals surface area contributed by atoms with E-state index < -0.39 is 40.1 Å². The summed E-state index contributed by atoms with van der Waals surface area (Å²) < 4.78 is 28.8. The van der Waals surface area contributed by atoms with Gasteiger partial charge in [-0.2, -0.15) is 4.31 Å². The first-order chi connectivity index (χ1) is 22.2. The molecule has 0 fully saturated rings. The second kappa shape index (κ2) is 17.3. The molecule has 3 rings (SSSR count). The van der Waals surface area contributed by atoms with Crippen molar-refractivity contribution in [3.63, 3.8) is 0 Å². The molecule has 3 amide bonds. The minimum Gasteiger partial charge on any atom is -0.411 e. The Morgan fingerprint density at radius 1 is 1.02 bits per heavy atom. The third-order valence-electron chi connectivity index (χ3n) is 7.42. The number of carbonyl (C=O) groups is 2. The van der Waals surface area contributed by atoms with Crippen molar-refractivity contribution in [1.82, 2.24) is 24.8 Å². The molecule has 0 bridgehead atoms. The van der Waals surface area contributed by atoms with Gasteiger partial charge in [0.25, 0.3) is 0 Å². The van der Waals surface area contributed by atoms with Crippen molar-refractivity contribution in [3.05, 3.63) is 81.8 Å². The van der Waals surface area contributed by atoms with E-state index in [0.717, 1.165) is 16.3 Å². The highest BCUT2D eigenvalue weighted by Crippen LogP contribution is 2.20. The SMILES string of the molecule is Cc1nc(CN(C)C(=O)N[C@H](C(=O)N[C@@H](Cc2ccccc2)[C@H](O)CN(CC(C)C)S(=O)(=O)c2ccc(C=NO)cc2)C(C)C)cs1. The van der Waals surface area contributed by atoms with Gasteiger partial charge in [0, 0.05) is 25.5 Å². The first-order valence-corrected chi connectivity index (χ1v) is 17.8. The summed E-state index contributed by atoms with van der Waals surface area (Å²) in [5.74, 6) is -0.851. The molecule has 1 heterocycles. The lowest BCUT2D eigenvalue weighted by atomic mass is 9.98. The van der Waals surface area contributed by atoms with Crippen LogP contribution in [0.3, 0.4) is 0 Å². The van der Waals surface area contributed by atoms with Crippen LogP contribution in [0.4, 0.5) is 4.79 Å². The van der Waals surface area contributed by atoms with Gasteiger partial charge in [0.2, 0.25) is 15.9 Å². The number of aliphatic hydroxyl groups excluding tert-OH is 1. The number of rotatable bonds is 16. The number of urea groups is 1. The van der Waals surface area contributed by atoms with Crippen LogP contribution in [-0.2, 0) is 27.8 Å². The molecular weight excluding hydrogens is 641 g/mol. The first kappa shape index (κ1) is 37.6. The molecular formula is C33H46N6O6S2. The lowest BCUT2D eigenvalue weighted by molar-refractivity contribution is -0.125. The molecule has 0 aliphatic carbocycles. The lowest BCUT2D eigenvalue weighted by Crippen LogP contribution is -2.58. The van der Waals surface area contributed by atoms with E-state index in [0.29, 0.717) is 5.56 Å². The van der Waals surface area contributed by atoms with E-state index >= 15 is 0 Å². The lowest BCUT2D eigenvalue weighted by Gasteiger charge is -2.32. The van der Waals surface area contributed by atoms with Crippen LogP contribution in [0.1, 0.15) is 49.5 Å². The number of aryl methyl sites for hydroxylation is 1. The fourth-order valence-corrected chi connectivity index (χ4v) is 7.18. The monoisotopic (exact) mass is 686 g/mol. The first-order valence-electron chi connectivity index (χ1n) is 15.4. The summed E-state index contributed by atoms with van der Waals surface area (Å²) in [6.45, 7) is 9.38. The van der Waals surface area contributed by atoms with E-state index in [1.165, 1.54) is 51.0 Å². The van der Waals surface area contributed by atoms with Gasteiger partial charge in [0.1, 0.15) is 6.04 Å². The zero-order valence-electron chi connectivity index (χ0n) is 27.7. The number of sulfonamides is 1. The fraction of sp³-hybridized carbons (Fsp3) is 0.455. The topological polar surface area (TPSA) is 165 Å². The van der Waals surface area contributed by atoms with E-state index in [1.807, 2.05) is 70.3 Å². The number of amides is 3. The molecule has 4 N–H and O–H groups in total. The number of hydrogen-bond acceptors (Lipinski definition) is 9. The van der Waals surface area contributed by atoms with Gasteiger partial charge in [-0.05, 0) is 48.4 Å². The average molecular weight is 687 g/mol. The smallest absolute Gasteiger partial charge is 0.318 e. The van der Waals surface area contributed by atoms with Gasteiger partial charge < -0.3 is 25.8 Å². The van der Waals surface area contributed by atoms with Crippen LogP contribution in [0.2, 0.25) is 0 Å². The third kappa shape index (κ3) is 11.1. The molecule has 0 radical (unpaired) electrons. The predicted molar refractivity (Wildman–Crippen MR) is 183 cm³/mol. The van der Waals surface area contributed by atoms with Crippen molar-refractivity contribution in [2.45, 2.75) is 70.7 Å². The second-order valence-electron chi connectivity index (χ2n) is 12.3. The van der Waals surface area contributed by atoms with Gasteiger partial charge in [0.15, 0.2) is 0 Å². The Morgan fingerprint density at radius 2 is 1.68 bits per heavy atom. The largest absolute Gasteiger partial charge is 0.411 e. The van der Waals surface area contributed by atoms with Gasteiger partial charge in [0.05, 0.1) is 40.5 Å². The second-order valence-corrected chi connectivity index (χ2v) is 15.3. The van der Waals surface area contributed by atoms with Gasteiger partial charge in [-0.1, -0.05) is 75.3 Å². The van der Waals surface area contributed by atoms with E-state index in [9.17, 15) is 23.1 Å². The van der Waals surface area contributed by atoms with Crippen molar-refractivity contribution < 1.29 is 28.3 Å². The Kier molecular flexibility index (Phi) is 13.9. The number of benzene rings is 2. The van der Waals surface area contributed by atoms with Crippen molar-refractivity contribution in [2.24, 2.45) is 17.0 Å². The number of nitrogens with zero attached hydrogens (tertiary/aromatic N) is 4. The number of nitrogens with one attached hydrogen (secondary N) is 2. The minimum atomic E-state index is -4.05. The van der Waals surface area contributed by atoms with Crippen molar-refractivity contribution in [1.29, 1.82) is 0 Å². The van der Waals surface area contributed by atoms with Crippen molar-refractivity contribution in [3.8, 4) is 0 Å². The molecule has 0 saturated heterocycles. The minimum absolute atomic E-state index is 0.0172. The predicted octanol–water partition coefficient (Wildman–Crippen LogP) is 3.86. The molecule has 2 aromatic carbocycles. The normalized spacial score (nSPS) is 14.0. The van der Waals surface area contributed by atoms with E-state index in [2.05, 4.69) is 20.8 Å². The summed E-state index contributed by atoms with van der Waals surface area (Å²) in [6.07, 6.45) is 0.114. The van der Waals surface area contributed by atoms with Gasteiger partial charge in [-0.15, -0.1) is 11.3 Å². The Bertz CT molecular complexity index is 1580. The molecule has 14 heteroatoms. The number of aliphatic hydroxyl groups is 1. The Morgan fingerprint density at radius 3 is 2.23 bits per heavy atom. The number of aromatic nitrogens is 1. The van der Waals surface area contributed by atoms with Crippen LogP contribution in [0.25, 0.3) is 0 Å². The molecule has 0 unspecified atom stereocenters. The maximum absolute atomic E-state index is 13.8. The molecule has 47 heavy (non-hydrogen) atoms. The van der Waals surface area contributed by atoms with Crippen molar-refractivity contribution >= 4 is 39.5 Å². The standard InChI is InChI=1S/C33H46N6O6S2/c1-22(2)18-39(47(44,45)28-14-12-26(13-15-28)17-34-43)20-30(40)29(16-25-10-8-7-9-11-25)36-32(41)31(23(3)4)37-33(42)38(6)19-27-21-46-24(5)35-27/h7-15,17,21-23,29-31,40,43H,16,18-20H2,1-6H3,(H,36,41)(H,37,42)/t29-,30+,31-/m0/s1. The summed E-state index contributed by atoms with van der Waals surface area (Å²) in [5.41, 5.74) is 2.10. The van der Waals surface area contributed by atoms with Crippen LogP contribution >= 0.6 is 11.3 Å². The molecule has 12 nitrogen and oxygen atoms in total. The summed E-state index contributed by atoms with van der Waals surface area (Å²) in [6, 6.07) is 12.9. The highest BCUT2D eigenvalue weighted by molar-refractivity contribution is 7.89. The number of carbonyl (C=O) groups excluding carboxylic acids is 2. The summed E-state index contributed by atoms with van der Waals surface area (Å²) in [7, 11) is -2.43. The summed E-state index contributed by atoms with van der Waals surface area (Å²) in [4.78, 5) is 32.7. The fourth-order valence-electron chi connectivity index (χ4n) is 4.95. The number of oxime groups is 1. The molecule has 0 spiro atoms. The van der Waals surface area contributed by atoms with Crippen molar-refractivity contribution in [2.75, 3.05) is 20.1 Å². The Balaban J connectivity index is 1.84. The highest BCUT2D eigenvalue weighted by atomic mass is 32.2. The molecule has 0 aliphatic heterocycles. The maximum Gasteiger partial charge on any atom is 0.318 e. The highest BCUT2D eigenvalue weighted by Gasteiger charge is 2.34. The van der Waals surface area contributed by atoms with Crippen LogP contribution in [-0.4, -0.2) is 89.4 Å². The average Bonchev–Trinajstić information content (AvgIpc) is 3.43. The maximum atomic E-state index is 13.8. The van der Waals surface area contributed by atoms with E-state index in [-0.39, 0.29) is 42.8 Å². The van der Waals surface area contributed by atoms with Crippen LogP contribution in [0.5, 0.6) is 0 Å². The zero-order chi connectivity index (χ0) is 34.7. The van der Waals surface area contributed by atoms with Crippen LogP contribution in [0.15, 0.2) is 70.0 Å². The molecule has 0 saturated carbocycles. The number of hydrogen-bond donors (Lipinski definition) is 4. The molecule has 3 aromatic rings. The van der Waals surface area contributed by atoms with Gasteiger partial charge in [-0.3, -0.25) is 4.79 Å². The van der Waals surface area contributed by atoms with Crippen LogP contribution in [0, 0.1) is 18.8 Å². The third-order valence-corrected chi connectivity index (χ3v) is 10.1. The molecule has 1 aromatic heterocycles.